The summed E-state index contributed by atoms with van der Waals surface area (Å²) in [5.74, 6) is 5.76. The quantitative estimate of drug-likeness (QED) is 0.337. The van der Waals surface area contributed by atoms with Crippen molar-refractivity contribution in [1.82, 2.24) is 0 Å². The van der Waals surface area contributed by atoms with E-state index in [2.05, 4.69) is 9.82 Å². The number of hydrogen-bond acceptors (Lipinski definition) is 5. The van der Waals surface area contributed by atoms with Gasteiger partial charge in [-0.2, -0.15) is 5.10 Å². The van der Waals surface area contributed by atoms with E-state index in [1.54, 1.807) is 48.7 Å². The van der Waals surface area contributed by atoms with Crippen LogP contribution in [0.2, 0.25) is 0 Å². The van der Waals surface area contributed by atoms with E-state index >= 15 is 0 Å². The standard InChI is InChI=1S/C22H23N3O3S/c1-17-13-20(25-29(26,27)22-5-3-2-4-6-22)15-21(14-17)28-12-11-18-7-9-19(10-8-18)16-24-23/h2-10,13-16,25H,11-12,23H2,1H3/b24-16-. The SMILES string of the molecule is Cc1cc(NS(=O)(=O)c2ccccc2)cc(OCCc2ccc(/C=N\N)cc2)c1. The molecule has 3 rings (SSSR count). The summed E-state index contributed by atoms with van der Waals surface area (Å²) in [5.41, 5.74) is 3.43. The molecule has 0 heterocycles. The Morgan fingerprint density at radius 1 is 1.03 bits per heavy atom. The van der Waals surface area contributed by atoms with E-state index in [9.17, 15) is 8.42 Å². The second-order valence-electron chi connectivity index (χ2n) is 6.57. The molecule has 0 aliphatic carbocycles. The number of sulfonamides is 1. The van der Waals surface area contributed by atoms with Crippen molar-refractivity contribution in [3.63, 3.8) is 0 Å². The molecule has 29 heavy (non-hydrogen) atoms. The Morgan fingerprint density at radius 3 is 2.45 bits per heavy atom. The molecule has 0 radical (unpaired) electrons. The minimum absolute atomic E-state index is 0.215. The summed E-state index contributed by atoms with van der Waals surface area (Å²) in [4.78, 5) is 0.215. The Bertz CT molecular complexity index is 1080. The van der Waals surface area contributed by atoms with Crippen molar-refractivity contribution >= 4 is 21.9 Å². The first-order valence-corrected chi connectivity index (χ1v) is 10.6. The highest BCUT2D eigenvalue weighted by atomic mass is 32.2. The minimum Gasteiger partial charge on any atom is -0.493 e. The van der Waals surface area contributed by atoms with Crippen LogP contribution in [0.4, 0.5) is 5.69 Å². The molecular formula is C22H23N3O3S. The zero-order valence-corrected chi connectivity index (χ0v) is 16.9. The van der Waals surface area contributed by atoms with Crippen molar-refractivity contribution in [3.05, 3.63) is 89.5 Å². The number of benzene rings is 3. The normalized spacial score (nSPS) is 11.5. The summed E-state index contributed by atoms with van der Waals surface area (Å²) in [6, 6.07) is 21.5. The minimum atomic E-state index is -3.64. The Hall–Kier alpha value is -3.32. The van der Waals surface area contributed by atoms with Crippen molar-refractivity contribution in [2.75, 3.05) is 11.3 Å². The summed E-state index contributed by atoms with van der Waals surface area (Å²) >= 11 is 0. The predicted octanol–water partition coefficient (Wildman–Crippen LogP) is 3.71. The third kappa shape index (κ3) is 5.83. The molecule has 0 amide bonds. The number of aryl methyl sites for hydroxylation is 1. The van der Waals surface area contributed by atoms with Gasteiger partial charge in [0.25, 0.3) is 10.0 Å². The number of hydrogen-bond donors (Lipinski definition) is 2. The Kier molecular flexibility index (Phi) is 6.51. The molecule has 0 fully saturated rings. The number of ether oxygens (including phenoxy) is 1. The highest BCUT2D eigenvalue weighted by molar-refractivity contribution is 7.92. The van der Waals surface area contributed by atoms with Gasteiger partial charge in [0.05, 0.1) is 23.4 Å². The molecule has 0 atom stereocenters. The molecule has 0 saturated carbocycles. The summed E-state index contributed by atoms with van der Waals surface area (Å²) in [6.07, 6.45) is 2.31. The third-order valence-corrected chi connectivity index (χ3v) is 5.62. The second kappa shape index (κ2) is 9.25. The van der Waals surface area contributed by atoms with Gasteiger partial charge in [0.1, 0.15) is 5.75 Å². The number of hydrazone groups is 1. The van der Waals surface area contributed by atoms with E-state index in [1.165, 1.54) is 0 Å². The van der Waals surface area contributed by atoms with Crippen LogP contribution in [0.15, 0.2) is 82.8 Å². The molecule has 7 heteroatoms. The van der Waals surface area contributed by atoms with E-state index in [0.717, 1.165) is 23.1 Å². The molecule has 3 N–H and O–H groups in total. The molecule has 3 aromatic rings. The fraction of sp³-hybridized carbons (Fsp3) is 0.136. The van der Waals surface area contributed by atoms with Crippen LogP contribution in [0.5, 0.6) is 5.75 Å². The van der Waals surface area contributed by atoms with Gasteiger partial charge in [-0.1, -0.05) is 42.5 Å². The number of nitrogens with two attached hydrogens (primary N) is 1. The Labute approximate surface area is 171 Å². The molecule has 150 valence electrons. The first-order valence-electron chi connectivity index (χ1n) is 9.11. The molecule has 0 aliphatic heterocycles. The second-order valence-corrected chi connectivity index (χ2v) is 8.25. The zero-order chi connectivity index (χ0) is 20.7. The molecule has 0 spiro atoms. The van der Waals surface area contributed by atoms with Crippen molar-refractivity contribution in [3.8, 4) is 5.75 Å². The molecule has 0 aliphatic rings. The summed E-state index contributed by atoms with van der Waals surface area (Å²) in [7, 11) is -3.64. The Balaban J connectivity index is 1.64. The van der Waals surface area contributed by atoms with Crippen LogP contribution in [-0.4, -0.2) is 21.2 Å². The maximum absolute atomic E-state index is 12.5. The van der Waals surface area contributed by atoms with Crippen LogP contribution in [0.1, 0.15) is 16.7 Å². The lowest BCUT2D eigenvalue weighted by atomic mass is 10.1. The average Bonchev–Trinajstić information content (AvgIpc) is 2.69. The molecule has 3 aromatic carbocycles. The zero-order valence-electron chi connectivity index (χ0n) is 16.1. The van der Waals surface area contributed by atoms with Gasteiger partial charge in [-0.3, -0.25) is 4.72 Å². The molecule has 0 saturated heterocycles. The maximum atomic E-state index is 12.5. The molecular weight excluding hydrogens is 386 g/mol. The van der Waals surface area contributed by atoms with Gasteiger partial charge in [0, 0.05) is 12.5 Å². The third-order valence-electron chi connectivity index (χ3n) is 4.22. The lowest BCUT2D eigenvalue weighted by Crippen LogP contribution is -2.13. The summed E-state index contributed by atoms with van der Waals surface area (Å²) in [5, 5.41) is 3.50. The number of nitrogens with zero attached hydrogens (tertiary/aromatic N) is 1. The van der Waals surface area contributed by atoms with Crippen molar-refractivity contribution in [2.24, 2.45) is 10.9 Å². The monoisotopic (exact) mass is 409 g/mol. The molecule has 0 unspecified atom stereocenters. The van der Waals surface area contributed by atoms with Crippen LogP contribution in [-0.2, 0) is 16.4 Å². The maximum Gasteiger partial charge on any atom is 0.261 e. The van der Waals surface area contributed by atoms with Gasteiger partial charge >= 0.3 is 0 Å². The first kappa shape index (κ1) is 20.4. The van der Waals surface area contributed by atoms with Crippen molar-refractivity contribution < 1.29 is 13.2 Å². The van der Waals surface area contributed by atoms with Gasteiger partial charge in [0.15, 0.2) is 0 Å². The van der Waals surface area contributed by atoms with Gasteiger partial charge in [-0.05, 0) is 47.9 Å². The first-order chi connectivity index (χ1) is 14.0. The van der Waals surface area contributed by atoms with Gasteiger partial charge in [-0.15, -0.1) is 0 Å². The fourth-order valence-corrected chi connectivity index (χ4v) is 3.91. The Morgan fingerprint density at radius 2 is 1.76 bits per heavy atom. The van der Waals surface area contributed by atoms with Gasteiger partial charge < -0.3 is 10.6 Å². The van der Waals surface area contributed by atoms with E-state index in [-0.39, 0.29) is 4.90 Å². The van der Waals surface area contributed by atoms with E-state index in [4.69, 9.17) is 10.6 Å². The van der Waals surface area contributed by atoms with Gasteiger partial charge in [-0.25, -0.2) is 8.42 Å². The lowest BCUT2D eigenvalue weighted by molar-refractivity contribution is 0.322. The van der Waals surface area contributed by atoms with Crippen LogP contribution >= 0.6 is 0 Å². The van der Waals surface area contributed by atoms with Crippen molar-refractivity contribution in [1.29, 1.82) is 0 Å². The van der Waals surface area contributed by atoms with E-state index < -0.39 is 10.0 Å². The van der Waals surface area contributed by atoms with E-state index in [1.807, 2.05) is 37.3 Å². The molecule has 0 bridgehead atoms. The van der Waals surface area contributed by atoms with Gasteiger partial charge in [0.2, 0.25) is 0 Å². The van der Waals surface area contributed by atoms with Crippen LogP contribution in [0, 0.1) is 6.92 Å². The smallest absolute Gasteiger partial charge is 0.261 e. The number of anilines is 1. The van der Waals surface area contributed by atoms with Crippen LogP contribution in [0.25, 0.3) is 0 Å². The lowest BCUT2D eigenvalue weighted by Gasteiger charge is -2.12. The summed E-state index contributed by atoms with van der Waals surface area (Å²) < 4.78 is 33.5. The fourth-order valence-electron chi connectivity index (χ4n) is 2.85. The van der Waals surface area contributed by atoms with E-state index in [0.29, 0.717) is 18.0 Å². The highest BCUT2D eigenvalue weighted by Gasteiger charge is 2.14. The van der Waals surface area contributed by atoms with Crippen LogP contribution in [0.3, 0.4) is 0 Å². The topological polar surface area (TPSA) is 93.8 Å². The molecule has 6 nitrogen and oxygen atoms in total. The molecule has 0 aromatic heterocycles. The highest BCUT2D eigenvalue weighted by Crippen LogP contribution is 2.23. The predicted molar refractivity (Wildman–Crippen MR) is 116 cm³/mol. The largest absolute Gasteiger partial charge is 0.493 e. The number of rotatable bonds is 8. The van der Waals surface area contributed by atoms with Crippen molar-refractivity contribution in [2.45, 2.75) is 18.2 Å². The summed E-state index contributed by atoms with van der Waals surface area (Å²) in [6.45, 7) is 2.36. The average molecular weight is 410 g/mol. The van der Waals surface area contributed by atoms with Crippen LogP contribution < -0.4 is 15.3 Å². The number of nitrogens with one attached hydrogen (secondary N) is 1.